The number of alkyl halides is 1. The van der Waals surface area contributed by atoms with Crippen LogP contribution in [0.25, 0.3) is 0 Å². The van der Waals surface area contributed by atoms with Crippen LogP contribution in [0, 0.1) is 5.92 Å². The van der Waals surface area contributed by atoms with E-state index in [-0.39, 0.29) is 32.3 Å². The van der Waals surface area contributed by atoms with Crippen LogP contribution in [0.2, 0.25) is 0 Å². The van der Waals surface area contributed by atoms with Gasteiger partial charge in [0.1, 0.15) is 18.4 Å². The number of likely N-dealkylation sites (tertiary alicyclic amines) is 1. The number of benzene rings is 1. The van der Waals surface area contributed by atoms with Gasteiger partial charge < -0.3 is 19.3 Å². The smallest absolute Gasteiger partial charge is 0.410 e. The van der Waals surface area contributed by atoms with Crippen molar-refractivity contribution in [1.29, 1.82) is 0 Å². The van der Waals surface area contributed by atoms with Gasteiger partial charge in [0, 0.05) is 25.0 Å². The Hall–Kier alpha value is -2.31. The van der Waals surface area contributed by atoms with Crippen LogP contribution >= 0.6 is 0 Å². The molecule has 0 bridgehead atoms. The Morgan fingerprint density at radius 2 is 1.86 bits per heavy atom. The normalized spacial score (nSPS) is 22.1. The van der Waals surface area contributed by atoms with Gasteiger partial charge in [0.2, 0.25) is 0 Å². The van der Waals surface area contributed by atoms with Crippen LogP contribution in [-0.4, -0.2) is 59.4 Å². The first-order valence-corrected chi connectivity index (χ1v) is 9.82. The van der Waals surface area contributed by atoms with E-state index >= 15 is 0 Å². The van der Waals surface area contributed by atoms with Gasteiger partial charge in [-0.2, -0.15) is 0 Å². The topological polar surface area (TPSA) is 59.1 Å². The van der Waals surface area contributed by atoms with Gasteiger partial charge in [0.25, 0.3) is 0 Å². The molecule has 28 heavy (non-hydrogen) atoms. The Morgan fingerprint density at radius 1 is 1.18 bits per heavy atom. The number of carbonyl (C=O) groups is 2. The molecule has 0 spiro atoms. The molecule has 1 aromatic rings. The summed E-state index contributed by atoms with van der Waals surface area (Å²) < 4.78 is 25.3. The van der Waals surface area contributed by atoms with Gasteiger partial charge in [-0.1, -0.05) is 30.3 Å². The summed E-state index contributed by atoms with van der Waals surface area (Å²) in [4.78, 5) is 27.8. The molecule has 0 radical (unpaired) electrons. The summed E-state index contributed by atoms with van der Waals surface area (Å²) in [6, 6.07) is 9.48. The zero-order chi connectivity index (χ0) is 20.3. The summed E-state index contributed by atoms with van der Waals surface area (Å²) >= 11 is 0. The van der Waals surface area contributed by atoms with E-state index in [1.54, 1.807) is 4.90 Å². The molecule has 2 amide bonds. The Kier molecular flexibility index (Phi) is 6.10. The highest BCUT2D eigenvalue weighted by molar-refractivity contribution is 5.69. The van der Waals surface area contributed by atoms with Crippen molar-refractivity contribution in [3.8, 4) is 0 Å². The van der Waals surface area contributed by atoms with E-state index in [1.807, 2.05) is 51.1 Å². The van der Waals surface area contributed by atoms with Gasteiger partial charge in [0.15, 0.2) is 0 Å². The van der Waals surface area contributed by atoms with E-state index in [9.17, 15) is 14.0 Å². The number of carbonyl (C=O) groups excluding carboxylic acids is 2. The molecule has 3 rings (SSSR count). The summed E-state index contributed by atoms with van der Waals surface area (Å²) in [7, 11) is 0. The predicted molar refractivity (Wildman–Crippen MR) is 103 cm³/mol. The van der Waals surface area contributed by atoms with Crippen LogP contribution in [0.4, 0.5) is 14.0 Å². The molecule has 2 fully saturated rings. The molecule has 6 nitrogen and oxygen atoms in total. The third-order valence-corrected chi connectivity index (χ3v) is 4.87. The highest BCUT2D eigenvalue weighted by Gasteiger charge is 2.42. The van der Waals surface area contributed by atoms with Crippen LogP contribution in [-0.2, 0) is 16.1 Å². The van der Waals surface area contributed by atoms with Crippen molar-refractivity contribution in [2.45, 2.75) is 58.0 Å². The first kappa shape index (κ1) is 20.4. The average molecular weight is 392 g/mol. The van der Waals surface area contributed by atoms with E-state index in [0.717, 1.165) is 18.4 Å². The van der Waals surface area contributed by atoms with Gasteiger partial charge in [0.05, 0.1) is 6.54 Å². The van der Waals surface area contributed by atoms with Crippen LogP contribution in [0.15, 0.2) is 30.3 Å². The molecule has 2 aliphatic rings. The molecule has 2 atom stereocenters. The molecule has 1 aliphatic heterocycles. The molecule has 154 valence electrons. The monoisotopic (exact) mass is 392 g/mol. The zero-order valence-electron chi connectivity index (χ0n) is 16.8. The van der Waals surface area contributed by atoms with E-state index in [1.165, 1.54) is 4.90 Å². The van der Waals surface area contributed by atoms with Gasteiger partial charge in [-0.05, 0) is 39.2 Å². The van der Waals surface area contributed by atoms with Crippen molar-refractivity contribution in [3.63, 3.8) is 0 Å². The fourth-order valence-corrected chi connectivity index (χ4v) is 3.30. The van der Waals surface area contributed by atoms with Crippen LogP contribution < -0.4 is 0 Å². The van der Waals surface area contributed by atoms with Crippen LogP contribution in [0.3, 0.4) is 0 Å². The summed E-state index contributed by atoms with van der Waals surface area (Å²) in [5, 5.41) is 0. The van der Waals surface area contributed by atoms with Crippen LogP contribution in [0.5, 0.6) is 0 Å². The zero-order valence-corrected chi connectivity index (χ0v) is 16.8. The number of rotatable bonds is 5. The highest BCUT2D eigenvalue weighted by Crippen LogP contribution is 2.31. The second kappa shape index (κ2) is 8.37. The Morgan fingerprint density at radius 3 is 2.46 bits per heavy atom. The maximum atomic E-state index is 14.6. The molecule has 0 aromatic heterocycles. The second-order valence-electron chi connectivity index (χ2n) is 8.59. The number of halogens is 1. The first-order chi connectivity index (χ1) is 13.2. The second-order valence-corrected chi connectivity index (χ2v) is 8.59. The van der Waals surface area contributed by atoms with Crippen molar-refractivity contribution in [2.75, 3.05) is 19.6 Å². The SMILES string of the molecule is CC(C)(C)OC(=O)N(C[C@@H]1CN(C(=O)OCc2ccccc2)C[C@@H]1F)C1CC1. The minimum absolute atomic E-state index is 0.00881. The highest BCUT2D eigenvalue weighted by atomic mass is 19.1. The van der Waals surface area contributed by atoms with Crippen molar-refractivity contribution in [1.82, 2.24) is 9.80 Å². The van der Waals surface area contributed by atoms with E-state index < -0.39 is 29.9 Å². The van der Waals surface area contributed by atoms with Gasteiger partial charge >= 0.3 is 12.2 Å². The van der Waals surface area contributed by atoms with E-state index in [4.69, 9.17) is 9.47 Å². The molecule has 1 heterocycles. The standard InChI is InChI=1S/C21H29FN2O4/c1-21(2,3)28-20(26)24(17-9-10-17)12-16-11-23(13-18(16)22)19(25)27-14-15-7-5-4-6-8-15/h4-8,16-18H,9-14H2,1-3H3/t16-,18-/m0/s1. The lowest BCUT2D eigenvalue weighted by Crippen LogP contribution is -2.42. The molecule has 1 aromatic carbocycles. The number of nitrogens with zero attached hydrogens (tertiary/aromatic N) is 2. The molecule has 1 saturated heterocycles. The van der Waals surface area contributed by atoms with Gasteiger partial charge in [-0.15, -0.1) is 0 Å². The van der Waals surface area contributed by atoms with Crippen LogP contribution in [0.1, 0.15) is 39.2 Å². The number of ether oxygens (including phenoxy) is 2. The Bertz CT molecular complexity index is 687. The molecule has 1 saturated carbocycles. The molecule has 0 N–H and O–H groups in total. The molecule has 7 heteroatoms. The molecular weight excluding hydrogens is 363 g/mol. The largest absolute Gasteiger partial charge is 0.445 e. The molecule has 0 unspecified atom stereocenters. The maximum absolute atomic E-state index is 14.6. The predicted octanol–water partition coefficient (Wildman–Crippen LogP) is 3.99. The molecular formula is C21H29FN2O4. The van der Waals surface area contributed by atoms with Crippen molar-refractivity contribution >= 4 is 12.2 Å². The lowest BCUT2D eigenvalue weighted by Gasteiger charge is -2.29. The first-order valence-electron chi connectivity index (χ1n) is 9.82. The summed E-state index contributed by atoms with van der Waals surface area (Å²) in [6.07, 6.45) is -0.304. The Labute approximate surface area is 165 Å². The minimum Gasteiger partial charge on any atom is -0.445 e. The number of hydrogen-bond acceptors (Lipinski definition) is 4. The van der Waals surface area contributed by atoms with Crippen molar-refractivity contribution in [2.24, 2.45) is 5.92 Å². The van der Waals surface area contributed by atoms with Crippen molar-refractivity contribution in [3.05, 3.63) is 35.9 Å². The molecule has 1 aliphatic carbocycles. The van der Waals surface area contributed by atoms with E-state index in [2.05, 4.69) is 0 Å². The van der Waals surface area contributed by atoms with E-state index in [0.29, 0.717) is 0 Å². The minimum atomic E-state index is -1.19. The fourth-order valence-electron chi connectivity index (χ4n) is 3.30. The summed E-state index contributed by atoms with van der Waals surface area (Å²) in [5.74, 6) is -0.433. The average Bonchev–Trinajstić information content (AvgIpc) is 3.40. The maximum Gasteiger partial charge on any atom is 0.410 e. The third-order valence-electron chi connectivity index (χ3n) is 4.87. The summed E-state index contributed by atoms with van der Waals surface area (Å²) in [5.41, 5.74) is 0.288. The van der Waals surface area contributed by atoms with Gasteiger partial charge in [-0.3, -0.25) is 0 Å². The third kappa shape index (κ3) is 5.59. The quantitative estimate of drug-likeness (QED) is 0.760. The lowest BCUT2D eigenvalue weighted by molar-refractivity contribution is 0.0188. The summed E-state index contributed by atoms with van der Waals surface area (Å²) in [6.45, 7) is 6.08. The number of hydrogen-bond donors (Lipinski definition) is 0. The Balaban J connectivity index is 1.53. The lowest BCUT2D eigenvalue weighted by atomic mass is 10.1. The fraction of sp³-hybridized carbons (Fsp3) is 0.619. The van der Waals surface area contributed by atoms with Gasteiger partial charge in [-0.25, -0.2) is 14.0 Å². The van der Waals surface area contributed by atoms with Crippen molar-refractivity contribution < 1.29 is 23.5 Å². The number of amides is 2.